The summed E-state index contributed by atoms with van der Waals surface area (Å²) in [5.74, 6) is 0. The molecule has 0 bridgehead atoms. The molecule has 1 atom stereocenters. The summed E-state index contributed by atoms with van der Waals surface area (Å²) in [6, 6.07) is 6.99. The fourth-order valence-corrected chi connectivity index (χ4v) is 3.04. The normalized spacial score (nSPS) is 19.4. The number of benzene rings is 1. The van der Waals surface area contributed by atoms with Crippen LogP contribution in [0.5, 0.6) is 0 Å². The second-order valence-electron chi connectivity index (χ2n) is 5.07. The van der Waals surface area contributed by atoms with Crippen molar-refractivity contribution >= 4 is 21.6 Å². The van der Waals surface area contributed by atoms with E-state index < -0.39 is 0 Å². The molecule has 1 N–H and O–H groups in total. The molecule has 0 saturated carbocycles. The molecule has 20 heavy (non-hydrogen) atoms. The van der Waals surface area contributed by atoms with Crippen LogP contribution in [-0.4, -0.2) is 46.1 Å². The van der Waals surface area contributed by atoms with Crippen molar-refractivity contribution in [1.29, 1.82) is 0 Å². The molecule has 1 aliphatic rings. The molecule has 0 radical (unpaired) electrons. The van der Waals surface area contributed by atoms with E-state index in [2.05, 4.69) is 51.3 Å². The number of anilines is 1. The van der Waals surface area contributed by atoms with Crippen LogP contribution < -0.4 is 10.2 Å². The lowest BCUT2D eigenvalue weighted by atomic mass is 10.1. The van der Waals surface area contributed by atoms with Gasteiger partial charge in [-0.15, -0.1) is 0 Å². The van der Waals surface area contributed by atoms with E-state index in [1.54, 1.807) is 7.11 Å². The highest BCUT2D eigenvalue weighted by molar-refractivity contribution is 9.10. The molecule has 1 fully saturated rings. The van der Waals surface area contributed by atoms with Crippen LogP contribution in [0.3, 0.4) is 0 Å². The molecule has 0 aliphatic carbocycles. The van der Waals surface area contributed by atoms with Gasteiger partial charge in [0.15, 0.2) is 0 Å². The highest BCUT2D eigenvalue weighted by Gasteiger charge is 2.20. The Kier molecular flexibility index (Phi) is 6.29. The van der Waals surface area contributed by atoms with Crippen molar-refractivity contribution in [3.8, 4) is 0 Å². The third kappa shape index (κ3) is 4.19. The van der Waals surface area contributed by atoms with Crippen molar-refractivity contribution in [2.24, 2.45) is 0 Å². The lowest BCUT2D eigenvalue weighted by molar-refractivity contribution is 0.0989. The average molecular weight is 343 g/mol. The number of methoxy groups -OCH3 is 1. The Bertz CT molecular complexity index is 428. The van der Waals surface area contributed by atoms with Crippen LogP contribution in [0.4, 0.5) is 5.69 Å². The van der Waals surface area contributed by atoms with E-state index in [1.807, 2.05) is 0 Å². The zero-order valence-corrected chi connectivity index (χ0v) is 13.8. The minimum Gasteiger partial charge on any atom is -0.383 e. The molecule has 1 heterocycles. The van der Waals surface area contributed by atoms with Crippen LogP contribution in [-0.2, 0) is 16.0 Å². The Morgan fingerprint density at radius 1 is 1.50 bits per heavy atom. The third-order valence-electron chi connectivity index (χ3n) is 3.50. The van der Waals surface area contributed by atoms with E-state index >= 15 is 0 Å². The molecule has 112 valence electrons. The van der Waals surface area contributed by atoms with Gasteiger partial charge in [0.2, 0.25) is 0 Å². The highest BCUT2D eigenvalue weighted by atomic mass is 79.9. The van der Waals surface area contributed by atoms with E-state index in [9.17, 15) is 0 Å². The van der Waals surface area contributed by atoms with Crippen molar-refractivity contribution in [2.45, 2.75) is 19.5 Å². The molecule has 1 unspecified atom stereocenters. The number of hydrogen-bond donors (Lipinski definition) is 1. The molecule has 2 rings (SSSR count). The lowest BCUT2D eigenvalue weighted by Crippen LogP contribution is -2.43. The molecule has 5 heteroatoms. The number of hydrogen-bond acceptors (Lipinski definition) is 4. The first-order chi connectivity index (χ1) is 9.72. The number of rotatable bonds is 6. The van der Waals surface area contributed by atoms with Crippen molar-refractivity contribution < 1.29 is 9.47 Å². The fourth-order valence-electron chi connectivity index (χ4n) is 2.39. The number of halogens is 1. The summed E-state index contributed by atoms with van der Waals surface area (Å²) < 4.78 is 11.7. The Balaban J connectivity index is 1.98. The summed E-state index contributed by atoms with van der Waals surface area (Å²) >= 11 is 3.70. The molecular formula is C15H23BrN2O2. The maximum absolute atomic E-state index is 5.49. The maximum Gasteiger partial charge on any atom is 0.0668 e. The van der Waals surface area contributed by atoms with E-state index in [0.29, 0.717) is 6.04 Å². The third-order valence-corrected chi connectivity index (χ3v) is 4.14. The predicted octanol–water partition coefficient (Wildman–Crippen LogP) is 2.41. The Labute approximate surface area is 129 Å². The first-order valence-electron chi connectivity index (χ1n) is 7.05. The van der Waals surface area contributed by atoms with E-state index in [0.717, 1.165) is 43.9 Å². The van der Waals surface area contributed by atoms with Crippen LogP contribution in [0.25, 0.3) is 0 Å². The molecule has 1 aliphatic heterocycles. The minimum atomic E-state index is 0.422. The molecule has 0 aromatic heterocycles. The van der Waals surface area contributed by atoms with Gasteiger partial charge in [0.05, 0.1) is 25.5 Å². The summed E-state index contributed by atoms with van der Waals surface area (Å²) in [7, 11) is 1.72. The molecule has 0 amide bonds. The molecule has 1 aromatic carbocycles. The molecule has 4 nitrogen and oxygen atoms in total. The van der Waals surface area contributed by atoms with Crippen molar-refractivity contribution in [3.63, 3.8) is 0 Å². The standard InChI is InChI=1S/C15H23BrN2O2/c1-12-11-20-8-6-18(12)15-4-3-13(9-14(15)16)10-17-5-7-19-2/h3-4,9,12,17H,5-8,10-11H2,1-2H3. The SMILES string of the molecule is COCCNCc1ccc(N2CCOCC2C)c(Br)c1. The van der Waals surface area contributed by atoms with Gasteiger partial charge >= 0.3 is 0 Å². The number of morpholine rings is 1. The second kappa shape index (κ2) is 7.98. The highest BCUT2D eigenvalue weighted by Crippen LogP contribution is 2.29. The largest absolute Gasteiger partial charge is 0.383 e. The maximum atomic E-state index is 5.49. The lowest BCUT2D eigenvalue weighted by Gasteiger charge is -2.36. The molecule has 0 spiro atoms. The minimum absolute atomic E-state index is 0.422. The summed E-state index contributed by atoms with van der Waals surface area (Å²) in [4.78, 5) is 2.40. The first kappa shape index (κ1) is 15.8. The van der Waals surface area contributed by atoms with Crippen LogP contribution in [0.15, 0.2) is 22.7 Å². The van der Waals surface area contributed by atoms with Crippen LogP contribution in [0, 0.1) is 0 Å². The molecule has 1 saturated heterocycles. The van der Waals surface area contributed by atoms with Gasteiger partial charge in [-0.3, -0.25) is 0 Å². The smallest absolute Gasteiger partial charge is 0.0668 e. The Morgan fingerprint density at radius 3 is 3.05 bits per heavy atom. The first-order valence-corrected chi connectivity index (χ1v) is 7.84. The van der Waals surface area contributed by atoms with Crippen LogP contribution >= 0.6 is 15.9 Å². The van der Waals surface area contributed by atoms with E-state index in [-0.39, 0.29) is 0 Å². The van der Waals surface area contributed by atoms with Gasteiger partial charge in [-0.05, 0) is 40.5 Å². The summed E-state index contributed by atoms with van der Waals surface area (Å²) in [5.41, 5.74) is 2.53. The van der Waals surface area contributed by atoms with Gasteiger partial charge in [0.25, 0.3) is 0 Å². The zero-order valence-electron chi connectivity index (χ0n) is 12.2. The van der Waals surface area contributed by atoms with E-state index in [4.69, 9.17) is 9.47 Å². The van der Waals surface area contributed by atoms with Crippen molar-refractivity contribution in [2.75, 3.05) is 44.9 Å². The average Bonchev–Trinajstić information content (AvgIpc) is 2.45. The number of nitrogens with one attached hydrogen (secondary N) is 1. The van der Waals surface area contributed by atoms with Crippen molar-refractivity contribution in [3.05, 3.63) is 28.2 Å². The monoisotopic (exact) mass is 342 g/mol. The topological polar surface area (TPSA) is 33.7 Å². The van der Waals surface area contributed by atoms with Gasteiger partial charge in [-0.1, -0.05) is 6.07 Å². The predicted molar refractivity (Wildman–Crippen MR) is 85.4 cm³/mol. The van der Waals surface area contributed by atoms with Gasteiger partial charge < -0.3 is 19.7 Å². The van der Waals surface area contributed by atoms with Crippen LogP contribution in [0.2, 0.25) is 0 Å². The quantitative estimate of drug-likeness (QED) is 0.805. The van der Waals surface area contributed by atoms with E-state index in [1.165, 1.54) is 11.3 Å². The summed E-state index contributed by atoms with van der Waals surface area (Å²) in [6.45, 7) is 7.22. The molecular weight excluding hydrogens is 320 g/mol. The Hall–Kier alpha value is -0.620. The van der Waals surface area contributed by atoms with Gasteiger partial charge in [0.1, 0.15) is 0 Å². The van der Waals surface area contributed by atoms with Crippen LogP contribution in [0.1, 0.15) is 12.5 Å². The van der Waals surface area contributed by atoms with Gasteiger partial charge in [0, 0.05) is 37.3 Å². The Morgan fingerprint density at radius 2 is 2.35 bits per heavy atom. The van der Waals surface area contributed by atoms with Gasteiger partial charge in [-0.25, -0.2) is 0 Å². The zero-order chi connectivity index (χ0) is 14.4. The number of ether oxygens (including phenoxy) is 2. The molecule has 1 aromatic rings. The fraction of sp³-hybridized carbons (Fsp3) is 0.600. The van der Waals surface area contributed by atoms with Crippen molar-refractivity contribution in [1.82, 2.24) is 5.32 Å². The summed E-state index contributed by atoms with van der Waals surface area (Å²) in [6.07, 6.45) is 0. The number of nitrogens with zero attached hydrogens (tertiary/aromatic N) is 1. The summed E-state index contributed by atoms with van der Waals surface area (Å²) in [5, 5.41) is 3.36. The van der Waals surface area contributed by atoms with Gasteiger partial charge in [-0.2, -0.15) is 0 Å². The second-order valence-corrected chi connectivity index (χ2v) is 5.93.